The Kier molecular flexibility index (Phi) is 3.07. The molecule has 1 aliphatic rings. The minimum atomic E-state index is -0.134. The zero-order chi connectivity index (χ0) is 13.2. The Bertz CT molecular complexity index is 575. The van der Waals surface area contributed by atoms with Gasteiger partial charge in [0.15, 0.2) is 0 Å². The standard InChI is InChI=1S/C15H17N3O/c1-11-5-7-12(8-6-11)16-15(19)13-10-18-9-3-2-4-14(18)17-13/h5-8,10H,2-4,9H2,1H3,(H,16,19). The van der Waals surface area contributed by atoms with Crippen LogP contribution in [0.5, 0.6) is 0 Å². The Balaban J connectivity index is 1.76. The minimum absolute atomic E-state index is 0.134. The van der Waals surface area contributed by atoms with Crippen molar-refractivity contribution in [3.63, 3.8) is 0 Å². The Hall–Kier alpha value is -2.10. The number of nitrogens with one attached hydrogen (secondary N) is 1. The van der Waals surface area contributed by atoms with Crippen molar-refractivity contribution in [2.24, 2.45) is 0 Å². The van der Waals surface area contributed by atoms with Crippen molar-refractivity contribution in [2.45, 2.75) is 32.7 Å². The third-order valence-corrected chi connectivity index (χ3v) is 3.45. The summed E-state index contributed by atoms with van der Waals surface area (Å²) in [6.07, 6.45) is 5.16. The predicted octanol–water partition coefficient (Wildman–Crippen LogP) is 2.78. The summed E-state index contributed by atoms with van der Waals surface area (Å²) >= 11 is 0. The molecular formula is C15H17N3O. The summed E-state index contributed by atoms with van der Waals surface area (Å²) in [7, 11) is 0. The fourth-order valence-corrected chi connectivity index (χ4v) is 2.35. The predicted molar refractivity (Wildman–Crippen MR) is 74.3 cm³/mol. The number of amides is 1. The zero-order valence-corrected chi connectivity index (χ0v) is 11.0. The summed E-state index contributed by atoms with van der Waals surface area (Å²) in [5, 5.41) is 2.88. The van der Waals surface area contributed by atoms with E-state index in [0.29, 0.717) is 5.69 Å². The molecule has 1 aromatic heterocycles. The van der Waals surface area contributed by atoms with E-state index < -0.39 is 0 Å². The molecule has 0 spiro atoms. The third-order valence-electron chi connectivity index (χ3n) is 3.45. The third kappa shape index (κ3) is 2.52. The van der Waals surface area contributed by atoms with Crippen LogP contribution in [-0.4, -0.2) is 15.5 Å². The number of nitrogens with zero attached hydrogens (tertiary/aromatic N) is 2. The largest absolute Gasteiger partial charge is 0.334 e. The van der Waals surface area contributed by atoms with Crippen molar-refractivity contribution in [3.05, 3.63) is 47.5 Å². The van der Waals surface area contributed by atoms with Crippen LogP contribution in [0, 0.1) is 6.92 Å². The van der Waals surface area contributed by atoms with Gasteiger partial charge in [0.25, 0.3) is 5.91 Å². The average molecular weight is 255 g/mol. The summed E-state index contributed by atoms with van der Waals surface area (Å²) < 4.78 is 2.09. The van der Waals surface area contributed by atoms with Crippen molar-refractivity contribution in [2.75, 3.05) is 5.32 Å². The number of imidazole rings is 1. The number of anilines is 1. The fraction of sp³-hybridized carbons (Fsp3) is 0.333. The van der Waals surface area contributed by atoms with Gasteiger partial charge < -0.3 is 9.88 Å². The molecule has 0 atom stereocenters. The molecule has 0 radical (unpaired) electrons. The molecule has 0 bridgehead atoms. The average Bonchev–Trinajstić information content (AvgIpc) is 2.85. The van der Waals surface area contributed by atoms with Crippen LogP contribution in [-0.2, 0) is 13.0 Å². The molecule has 1 aliphatic heterocycles. The van der Waals surface area contributed by atoms with Crippen molar-refractivity contribution in [3.8, 4) is 0 Å². The van der Waals surface area contributed by atoms with E-state index in [2.05, 4.69) is 14.9 Å². The van der Waals surface area contributed by atoms with E-state index in [0.717, 1.165) is 30.9 Å². The van der Waals surface area contributed by atoms with Gasteiger partial charge in [0, 0.05) is 24.8 Å². The van der Waals surface area contributed by atoms with Gasteiger partial charge >= 0.3 is 0 Å². The quantitative estimate of drug-likeness (QED) is 0.897. The first-order valence-electron chi connectivity index (χ1n) is 6.66. The summed E-state index contributed by atoms with van der Waals surface area (Å²) in [5.41, 5.74) is 2.49. The van der Waals surface area contributed by atoms with Gasteiger partial charge in [0.05, 0.1) is 0 Å². The molecule has 4 heteroatoms. The van der Waals surface area contributed by atoms with Crippen LogP contribution >= 0.6 is 0 Å². The number of hydrogen-bond donors (Lipinski definition) is 1. The van der Waals surface area contributed by atoms with Crippen LogP contribution in [0.1, 0.15) is 34.7 Å². The van der Waals surface area contributed by atoms with E-state index in [4.69, 9.17) is 0 Å². The molecule has 98 valence electrons. The Morgan fingerprint density at radius 3 is 2.79 bits per heavy atom. The lowest BCUT2D eigenvalue weighted by molar-refractivity contribution is 0.102. The Labute approximate surface area is 112 Å². The minimum Gasteiger partial charge on any atom is -0.334 e. The van der Waals surface area contributed by atoms with Gasteiger partial charge in [-0.15, -0.1) is 0 Å². The lowest BCUT2D eigenvalue weighted by atomic mass is 10.2. The summed E-state index contributed by atoms with van der Waals surface area (Å²) in [4.78, 5) is 16.5. The van der Waals surface area contributed by atoms with Crippen LogP contribution in [0.2, 0.25) is 0 Å². The number of benzene rings is 1. The number of carbonyl (C=O) groups is 1. The van der Waals surface area contributed by atoms with Crippen LogP contribution in [0.4, 0.5) is 5.69 Å². The highest BCUT2D eigenvalue weighted by Gasteiger charge is 2.16. The molecule has 0 aliphatic carbocycles. The second-order valence-electron chi connectivity index (χ2n) is 5.01. The molecule has 0 saturated carbocycles. The zero-order valence-electron chi connectivity index (χ0n) is 11.0. The van der Waals surface area contributed by atoms with E-state index in [1.165, 1.54) is 12.0 Å². The molecule has 2 aromatic rings. The monoisotopic (exact) mass is 255 g/mol. The maximum Gasteiger partial charge on any atom is 0.275 e. The summed E-state index contributed by atoms with van der Waals surface area (Å²) in [6.45, 7) is 3.00. The number of rotatable bonds is 2. The van der Waals surface area contributed by atoms with Crippen LogP contribution in [0.3, 0.4) is 0 Å². The second kappa shape index (κ2) is 4.88. The molecule has 4 nitrogen and oxygen atoms in total. The Morgan fingerprint density at radius 2 is 2.05 bits per heavy atom. The van der Waals surface area contributed by atoms with Crippen molar-refractivity contribution >= 4 is 11.6 Å². The van der Waals surface area contributed by atoms with E-state index in [1.807, 2.05) is 37.4 Å². The van der Waals surface area contributed by atoms with Crippen LogP contribution < -0.4 is 5.32 Å². The topological polar surface area (TPSA) is 46.9 Å². The molecule has 0 unspecified atom stereocenters. The van der Waals surface area contributed by atoms with Gasteiger partial charge in [-0.2, -0.15) is 0 Å². The molecule has 0 fully saturated rings. The van der Waals surface area contributed by atoms with Gasteiger partial charge in [0.1, 0.15) is 11.5 Å². The molecule has 0 saturated heterocycles. The van der Waals surface area contributed by atoms with E-state index in [1.54, 1.807) is 0 Å². The number of hydrogen-bond acceptors (Lipinski definition) is 2. The molecule has 3 rings (SSSR count). The lowest BCUT2D eigenvalue weighted by Gasteiger charge is -2.11. The molecule has 2 heterocycles. The number of aromatic nitrogens is 2. The molecule has 1 N–H and O–H groups in total. The summed E-state index contributed by atoms with van der Waals surface area (Å²) in [6, 6.07) is 7.77. The number of carbonyl (C=O) groups excluding carboxylic acids is 1. The lowest BCUT2D eigenvalue weighted by Crippen LogP contribution is -2.12. The SMILES string of the molecule is Cc1ccc(NC(=O)c2cn3c(n2)CCCC3)cc1. The highest BCUT2D eigenvalue weighted by molar-refractivity contribution is 6.02. The van der Waals surface area contributed by atoms with Gasteiger partial charge in [-0.3, -0.25) is 4.79 Å². The van der Waals surface area contributed by atoms with E-state index in [-0.39, 0.29) is 5.91 Å². The first kappa shape index (κ1) is 12.0. The summed E-state index contributed by atoms with van der Waals surface area (Å²) in [5.74, 6) is 0.894. The van der Waals surface area contributed by atoms with E-state index in [9.17, 15) is 4.79 Å². The van der Waals surface area contributed by atoms with Crippen molar-refractivity contribution in [1.82, 2.24) is 9.55 Å². The van der Waals surface area contributed by atoms with Gasteiger partial charge in [0.2, 0.25) is 0 Å². The first-order valence-corrected chi connectivity index (χ1v) is 6.66. The highest BCUT2D eigenvalue weighted by atomic mass is 16.1. The van der Waals surface area contributed by atoms with Gasteiger partial charge in [-0.25, -0.2) is 4.98 Å². The van der Waals surface area contributed by atoms with Crippen molar-refractivity contribution < 1.29 is 4.79 Å². The second-order valence-corrected chi connectivity index (χ2v) is 5.01. The van der Waals surface area contributed by atoms with Crippen LogP contribution in [0.25, 0.3) is 0 Å². The van der Waals surface area contributed by atoms with Crippen LogP contribution in [0.15, 0.2) is 30.5 Å². The highest BCUT2D eigenvalue weighted by Crippen LogP contribution is 2.16. The maximum absolute atomic E-state index is 12.1. The van der Waals surface area contributed by atoms with Gasteiger partial charge in [-0.1, -0.05) is 17.7 Å². The molecule has 1 aromatic carbocycles. The molecular weight excluding hydrogens is 238 g/mol. The number of fused-ring (bicyclic) bond motifs is 1. The van der Waals surface area contributed by atoms with Gasteiger partial charge in [-0.05, 0) is 31.9 Å². The maximum atomic E-state index is 12.1. The smallest absolute Gasteiger partial charge is 0.275 e. The van der Waals surface area contributed by atoms with E-state index >= 15 is 0 Å². The molecule has 1 amide bonds. The first-order chi connectivity index (χ1) is 9.22. The number of aryl methyl sites for hydroxylation is 3. The normalized spacial score (nSPS) is 13.9. The Morgan fingerprint density at radius 1 is 1.26 bits per heavy atom. The van der Waals surface area contributed by atoms with Crippen molar-refractivity contribution in [1.29, 1.82) is 0 Å². The fourth-order valence-electron chi connectivity index (χ4n) is 2.35. The molecule has 19 heavy (non-hydrogen) atoms.